The Labute approximate surface area is 136 Å². The quantitative estimate of drug-likeness (QED) is 0.608. The first-order chi connectivity index (χ1) is 9.99. The first kappa shape index (κ1) is 21.1. The normalized spacial score (nSPS) is 13.8. The van der Waals surface area contributed by atoms with Crippen molar-refractivity contribution in [3.63, 3.8) is 0 Å². The fourth-order valence-electron chi connectivity index (χ4n) is 2.70. The molecule has 0 aromatic heterocycles. The van der Waals surface area contributed by atoms with Gasteiger partial charge in [-0.05, 0) is 39.5 Å². The minimum absolute atomic E-state index is 0.00419. The predicted octanol–water partition coefficient (Wildman–Crippen LogP) is 3.44. The molecule has 0 saturated heterocycles. The largest absolute Gasteiger partial charge is 0.356 e. The zero-order valence-electron chi connectivity index (χ0n) is 15.6. The molecular weight excluding hydrogens is 276 g/mol. The van der Waals surface area contributed by atoms with Gasteiger partial charge in [-0.25, -0.2) is 0 Å². The molecule has 4 nitrogen and oxygen atoms in total. The number of carbonyl (C=O) groups is 2. The zero-order valence-corrected chi connectivity index (χ0v) is 15.6. The molecule has 2 N–H and O–H groups in total. The molecule has 0 aromatic carbocycles. The van der Waals surface area contributed by atoms with Gasteiger partial charge in [0.15, 0.2) is 5.78 Å². The molecule has 0 rings (SSSR count). The van der Waals surface area contributed by atoms with Crippen molar-refractivity contribution in [1.82, 2.24) is 10.6 Å². The molecule has 0 bridgehead atoms. The first-order valence-corrected chi connectivity index (χ1v) is 8.56. The van der Waals surface area contributed by atoms with Gasteiger partial charge in [0.05, 0.1) is 6.04 Å². The van der Waals surface area contributed by atoms with Gasteiger partial charge in [0, 0.05) is 24.4 Å². The van der Waals surface area contributed by atoms with E-state index in [1.54, 1.807) is 0 Å². The van der Waals surface area contributed by atoms with Crippen molar-refractivity contribution in [2.75, 3.05) is 6.54 Å². The average molecular weight is 312 g/mol. The molecular formula is C18H36N2O2. The summed E-state index contributed by atoms with van der Waals surface area (Å²) in [5, 5.41) is 6.37. The van der Waals surface area contributed by atoms with Gasteiger partial charge < -0.3 is 10.6 Å². The molecule has 0 aliphatic rings. The van der Waals surface area contributed by atoms with Gasteiger partial charge >= 0.3 is 0 Å². The molecule has 0 aliphatic carbocycles. The molecule has 1 atom stereocenters. The molecule has 22 heavy (non-hydrogen) atoms. The van der Waals surface area contributed by atoms with Crippen molar-refractivity contribution in [1.29, 1.82) is 0 Å². The molecule has 0 aromatic rings. The third-order valence-corrected chi connectivity index (χ3v) is 3.79. The number of nitrogens with one attached hydrogen (secondary N) is 2. The Morgan fingerprint density at radius 2 is 1.64 bits per heavy atom. The number of ketones is 1. The summed E-state index contributed by atoms with van der Waals surface area (Å²) in [6, 6.07) is -0.112. The number of hydrogen-bond donors (Lipinski definition) is 2. The second-order valence-corrected chi connectivity index (χ2v) is 7.92. The minimum Gasteiger partial charge on any atom is -0.356 e. The second-order valence-electron chi connectivity index (χ2n) is 7.92. The molecule has 0 radical (unpaired) electrons. The molecule has 0 spiro atoms. The monoisotopic (exact) mass is 312 g/mol. The van der Waals surface area contributed by atoms with Crippen molar-refractivity contribution in [3.05, 3.63) is 0 Å². The molecule has 4 heteroatoms. The molecule has 0 aliphatic heterocycles. The lowest BCUT2D eigenvalue weighted by atomic mass is 9.83. The molecule has 0 unspecified atom stereocenters. The van der Waals surface area contributed by atoms with Gasteiger partial charge in [-0.3, -0.25) is 9.59 Å². The van der Waals surface area contributed by atoms with Crippen LogP contribution in [0.2, 0.25) is 0 Å². The maximum Gasteiger partial charge on any atom is 0.216 e. The van der Waals surface area contributed by atoms with E-state index in [-0.39, 0.29) is 28.7 Å². The Bertz CT molecular complexity index is 357. The first-order valence-electron chi connectivity index (χ1n) is 8.56. The van der Waals surface area contributed by atoms with Gasteiger partial charge in [-0.15, -0.1) is 0 Å². The van der Waals surface area contributed by atoms with Crippen LogP contribution < -0.4 is 10.6 Å². The van der Waals surface area contributed by atoms with Crippen molar-refractivity contribution < 1.29 is 9.59 Å². The van der Waals surface area contributed by atoms with Crippen LogP contribution in [0.15, 0.2) is 0 Å². The van der Waals surface area contributed by atoms with Crippen LogP contribution in [0.25, 0.3) is 0 Å². The summed E-state index contributed by atoms with van der Waals surface area (Å²) in [6.07, 6.45) is 4.81. The van der Waals surface area contributed by atoms with E-state index in [0.717, 1.165) is 32.1 Å². The van der Waals surface area contributed by atoms with E-state index in [1.165, 1.54) is 6.92 Å². The van der Waals surface area contributed by atoms with Crippen molar-refractivity contribution in [2.24, 2.45) is 5.41 Å². The number of hydrogen-bond acceptors (Lipinski definition) is 3. The van der Waals surface area contributed by atoms with Gasteiger partial charge in [0.1, 0.15) is 0 Å². The van der Waals surface area contributed by atoms with Gasteiger partial charge in [0.2, 0.25) is 5.91 Å². The van der Waals surface area contributed by atoms with Crippen LogP contribution in [-0.2, 0) is 9.59 Å². The van der Waals surface area contributed by atoms with Crippen LogP contribution in [0.1, 0.15) is 80.6 Å². The summed E-state index contributed by atoms with van der Waals surface area (Å²) < 4.78 is 0. The second kappa shape index (κ2) is 9.29. The summed E-state index contributed by atoms with van der Waals surface area (Å²) in [4.78, 5) is 23.5. The predicted molar refractivity (Wildman–Crippen MR) is 92.9 cm³/mol. The van der Waals surface area contributed by atoms with Crippen LogP contribution in [0.5, 0.6) is 0 Å². The Morgan fingerprint density at radius 1 is 1.05 bits per heavy atom. The maximum absolute atomic E-state index is 12.7. The Morgan fingerprint density at radius 3 is 2.09 bits per heavy atom. The number of amides is 1. The summed E-state index contributed by atoms with van der Waals surface area (Å²) in [5.41, 5.74) is -0.366. The van der Waals surface area contributed by atoms with E-state index < -0.39 is 0 Å². The lowest BCUT2D eigenvalue weighted by Gasteiger charge is -2.34. The molecule has 1 amide bonds. The highest BCUT2D eigenvalue weighted by Gasteiger charge is 2.32. The molecule has 0 heterocycles. The van der Waals surface area contributed by atoms with Crippen molar-refractivity contribution in [2.45, 2.75) is 92.2 Å². The standard InChI is InChI=1S/C18H36N2O2/c1-8-12-18(6,7)20-15(16(22)17(3,4)5)11-9-10-13-19-14(2)21/h15,20H,8-13H2,1-7H3,(H,19,21)/t15-/m0/s1. The van der Waals surface area contributed by atoms with Crippen molar-refractivity contribution >= 4 is 11.7 Å². The summed E-state index contributed by atoms with van der Waals surface area (Å²) in [7, 11) is 0. The topological polar surface area (TPSA) is 58.2 Å². The minimum atomic E-state index is -0.336. The average Bonchev–Trinajstić information content (AvgIpc) is 2.34. The molecule has 0 fully saturated rings. The maximum atomic E-state index is 12.7. The highest BCUT2D eigenvalue weighted by Crippen LogP contribution is 2.22. The Kier molecular flexibility index (Phi) is 8.91. The highest BCUT2D eigenvalue weighted by molar-refractivity contribution is 5.88. The highest BCUT2D eigenvalue weighted by atomic mass is 16.1. The van der Waals surface area contributed by atoms with E-state index in [4.69, 9.17) is 0 Å². The van der Waals surface area contributed by atoms with E-state index >= 15 is 0 Å². The van der Waals surface area contributed by atoms with Crippen molar-refractivity contribution in [3.8, 4) is 0 Å². The molecule has 130 valence electrons. The Hall–Kier alpha value is -0.900. The van der Waals surface area contributed by atoms with Crippen LogP contribution >= 0.6 is 0 Å². The van der Waals surface area contributed by atoms with Gasteiger partial charge in [-0.2, -0.15) is 0 Å². The third kappa shape index (κ3) is 9.19. The number of Topliss-reactive ketones (excluding diaryl/α,β-unsaturated/α-hetero) is 1. The zero-order chi connectivity index (χ0) is 17.4. The van der Waals surface area contributed by atoms with E-state index in [2.05, 4.69) is 31.4 Å². The van der Waals surface area contributed by atoms with E-state index in [0.29, 0.717) is 6.54 Å². The number of rotatable bonds is 10. The van der Waals surface area contributed by atoms with E-state index in [1.807, 2.05) is 20.8 Å². The van der Waals surface area contributed by atoms with Crippen LogP contribution in [0.3, 0.4) is 0 Å². The van der Waals surface area contributed by atoms with Gasteiger partial charge in [-0.1, -0.05) is 34.1 Å². The van der Waals surface area contributed by atoms with E-state index in [9.17, 15) is 9.59 Å². The fraction of sp³-hybridized carbons (Fsp3) is 0.889. The smallest absolute Gasteiger partial charge is 0.216 e. The van der Waals surface area contributed by atoms with Crippen LogP contribution in [0, 0.1) is 5.41 Å². The summed E-state index contributed by atoms with van der Waals surface area (Å²) in [6.45, 7) is 14.6. The summed E-state index contributed by atoms with van der Waals surface area (Å²) in [5.74, 6) is 0.278. The fourth-order valence-corrected chi connectivity index (χ4v) is 2.70. The Balaban J connectivity index is 4.60. The van der Waals surface area contributed by atoms with Crippen LogP contribution in [-0.4, -0.2) is 29.8 Å². The van der Waals surface area contributed by atoms with Gasteiger partial charge in [0.25, 0.3) is 0 Å². The lowest BCUT2D eigenvalue weighted by Crippen LogP contribution is -2.52. The SMILES string of the molecule is CCCC(C)(C)N[C@@H](CCCCNC(C)=O)C(=O)C(C)(C)C. The molecule has 0 saturated carbocycles. The van der Waals surface area contributed by atoms with Crippen LogP contribution in [0.4, 0.5) is 0 Å². The number of carbonyl (C=O) groups excluding carboxylic acids is 2. The number of unbranched alkanes of at least 4 members (excludes halogenated alkanes) is 1. The lowest BCUT2D eigenvalue weighted by molar-refractivity contribution is -0.129. The summed E-state index contributed by atoms with van der Waals surface area (Å²) >= 11 is 0. The third-order valence-electron chi connectivity index (χ3n) is 3.79.